The minimum absolute atomic E-state index is 0.0792. The Morgan fingerprint density at radius 3 is 1.83 bits per heavy atom. The van der Waals surface area contributed by atoms with E-state index in [2.05, 4.69) is 17.6 Å². The van der Waals surface area contributed by atoms with Gasteiger partial charge in [-0.2, -0.15) is 4.90 Å². The van der Waals surface area contributed by atoms with E-state index >= 15 is 0 Å². The average Bonchev–Trinajstić information content (AvgIpc) is 3.46. The van der Waals surface area contributed by atoms with Crippen molar-refractivity contribution in [2.24, 2.45) is 0 Å². The molecule has 2 aromatic carbocycles. The van der Waals surface area contributed by atoms with Crippen molar-refractivity contribution in [3.63, 3.8) is 0 Å². The first kappa shape index (κ1) is 50.7. The molecule has 0 fully saturated rings. The van der Waals surface area contributed by atoms with Crippen LogP contribution in [0.3, 0.4) is 0 Å². The zero-order valence-corrected chi connectivity index (χ0v) is 40.4. The van der Waals surface area contributed by atoms with Gasteiger partial charge in [0.25, 0.3) is 0 Å². The summed E-state index contributed by atoms with van der Waals surface area (Å²) in [7, 11) is 0. The fourth-order valence-corrected chi connectivity index (χ4v) is 6.51. The molecule has 0 spiro atoms. The molecular weight excluding hydrogens is 821 g/mol. The number of carbonyl (C=O) groups is 5. The summed E-state index contributed by atoms with van der Waals surface area (Å²) in [5.41, 5.74) is -0.619. The molecule has 4 amide bonds. The summed E-state index contributed by atoms with van der Waals surface area (Å²) in [6.45, 7) is 26.5. The highest BCUT2D eigenvalue weighted by Gasteiger charge is 2.37. The highest BCUT2D eigenvalue weighted by Crippen LogP contribution is 2.36. The number of aryl methyl sites for hydroxylation is 1. The first-order valence-corrected chi connectivity index (χ1v) is 21.7. The number of imide groups is 1. The maximum atomic E-state index is 14.2. The van der Waals surface area contributed by atoms with Crippen molar-refractivity contribution in [2.75, 3.05) is 11.4 Å². The molecule has 0 radical (unpaired) electrons. The van der Waals surface area contributed by atoms with Crippen LogP contribution in [0.4, 0.5) is 25.0 Å². The van der Waals surface area contributed by atoms with Crippen molar-refractivity contribution in [3.05, 3.63) is 65.0 Å². The van der Waals surface area contributed by atoms with Crippen LogP contribution in [-0.4, -0.2) is 79.4 Å². The van der Waals surface area contributed by atoms with Crippen molar-refractivity contribution in [1.29, 1.82) is 0 Å². The molecule has 4 aromatic rings. The number of imidazole rings is 1. The summed E-state index contributed by atoms with van der Waals surface area (Å²) in [6.07, 6.45) is -0.858. The number of nitrogens with zero attached hydrogens (tertiary/aromatic N) is 4. The fourth-order valence-electron chi connectivity index (χ4n) is 6.51. The molecule has 0 saturated carbocycles. The zero-order chi connectivity index (χ0) is 48.0. The number of alkyl carbamates (subject to hydrolysis) is 1. The number of anilines is 1. The van der Waals surface area contributed by atoms with Gasteiger partial charge in [0.15, 0.2) is 5.82 Å². The van der Waals surface area contributed by atoms with Crippen molar-refractivity contribution in [3.8, 4) is 0 Å². The molecule has 64 heavy (non-hydrogen) atoms. The Bertz CT molecular complexity index is 2310. The third-order valence-electron chi connectivity index (χ3n) is 8.89. The van der Waals surface area contributed by atoms with E-state index < -0.39 is 52.4 Å². The summed E-state index contributed by atoms with van der Waals surface area (Å²) in [5.74, 6) is 0.183. The Morgan fingerprint density at radius 1 is 0.672 bits per heavy atom. The molecule has 0 saturated heterocycles. The van der Waals surface area contributed by atoms with E-state index in [9.17, 15) is 24.0 Å². The predicted molar refractivity (Wildman–Crippen MR) is 245 cm³/mol. The van der Waals surface area contributed by atoms with Crippen LogP contribution in [0.1, 0.15) is 139 Å². The lowest BCUT2D eigenvalue weighted by atomic mass is 10.0. The van der Waals surface area contributed by atoms with Crippen LogP contribution in [0.5, 0.6) is 0 Å². The van der Waals surface area contributed by atoms with Crippen LogP contribution in [0.25, 0.3) is 21.9 Å². The number of hydrogen-bond donors (Lipinski definition) is 2. The van der Waals surface area contributed by atoms with Crippen LogP contribution in [0, 0.1) is 0 Å². The summed E-state index contributed by atoms with van der Waals surface area (Å²) >= 11 is 0. The van der Waals surface area contributed by atoms with Gasteiger partial charge in [-0.15, -0.1) is 0 Å². The highest BCUT2D eigenvalue weighted by atomic mass is 16.7. The lowest BCUT2D eigenvalue weighted by Crippen LogP contribution is -2.44. The number of aromatic nitrogens is 3. The number of benzene rings is 2. The van der Waals surface area contributed by atoms with E-state index in [1.165, 1.54) is 0 Å². The molecule has 2 heterocycles. The maximum absolute atomic E-state index is 14.2. The van der Waals surface area contributed by atoms with Crippen LogP contribution >= 0.6 is 0 Å². The molecule has 0 aliphatic rings. The smallest absolute Gasteiger partial charge is 0.444 e. The Kier molecular flexibility index (Phi) is 15.7. The standard InChI is InChI=1S/C48H68N6O10/c1-16-17-21-35-52-37-38(53(35)29-48(14,15)64-43(59)63-47(11,12)13)33-23-22-31(24-30-19-18-20-32(25-30)27-49-36(55)28-50-40(56)60-44(2,3)4)26-34(33)51-39(37)54(41(57)61-45(5,6)7)42(58)62-46(8,9)10/h18-20,22-23,25-26H,16-17,21,24,27-29H2,1-15H3,(H,49,55)(H,50,56). The maximum Gasteiger partial charge on any atom is 0.509 e. The van der Waals surface area contributed by atoms with Gasteiger partial charge in [0.2, 0.25) is 5.91 Å². The average molecular weight is 889 g/mol. The Hall–Kier alpha value is -5.93. The monoisotopic (exact) mass is 888 g/mol. The predicted octanol–water partition coefficient (Wildman–Crippen LogP) is 10.1. The van der Waals surface area contributed by atoms with Gasteiger partial charge in [0.05, 0.1) is 17.6 Å². The largest absolute Gasteiger partial charge is 0.509 e. The van der Waals surface area contributed by atoms with Crippen LogP contribution < -0.4 is 15.5 Å². The molecule has 4 rings (SSSR count). The van der Waals surface area contributed by atoms with Gasteiger partial charge in [-0.1, -0.05) is 49.7 Å². The Morgan fingerprint density at radius 2 is 1.25 bits per heavy atom. The lowest BCUT2D eigenvalue weighted by Gasteiger charge is -2.29. The van der Waals surface area contributed by atoms with Gasteiger partial charge in [0.1, 0.15) is 45.9 Å². The lowest BCUT2D eigenvalue weighted by molar-refractivity contribution is -0.120. The van der Waals surface area contributed by atoms with Crippen molar-refractivity contribution < 1.29 is 47.7 Å². The van der Waals surface area contributed by atoms with Crippen LogP contribution in [0.2, 0.25) is 0 Å². The van der Waals surface area contributed by atoms with Gasteiger partial charge in [-0.05, 0) is 133 Å². The fraction of sp³-hybridized carbons (Fsp3) is 0.562. The zero-order valence-electron chi connectivity index (χ0n) is 40.4. The third kappa shape index (κ3) is 15.4. The molecule has 0 atom stereocenters. The molecule has 0 aliphatic carbocycles. The highest BCUT2D eigenvalue weighted by molar-refractivity contribution is 6.17. The van der Waals surface area contributed by atoms with Crippen molar-refractivity contribution >= 4 is 58.1 Å². The second-order valence-electron chi connectivity index (χ2n) is 20.5. The number of fused-ring (bicyclic) bond motifs is 3. The SMILES string of the molecule is CCCCc1nc2c(N(C(=O)OC(C)(C)C)C(=O)OC(C)(C)C)nc3cc(Cc4cccc(CNC(=O)CNC(=O)OC(C)(C)C)c4)ccc3c2n1CC(C)(C)OC(=O)OC(C)(C)C. The normalized spacial score (nSPS) is 12.4. The van der Waals surface area contributed by atoms with Crippen molar-refractivity contribution in [1.82, 2.24) is 25.2 Å². The Labute approximate surface area is 377 Å². The second kappa shape index (κ2) is 19.9. The molecule has 2 N–H and O–H groups in total. The molecule has 350 valence electrons. The van der Waals surface area contributed by atoms with E-state index in [4.69, 9.17) is 33.7 Å². The van der Waals surface area contributed by atoms with Gasteiger partial charge in [-0.25, -0.2) is 29.1 Å². The van der Waals surface area contributed by atoms with Crippen molar-refractivity contribution in [2.45, 2.75) is 171 Å². The Balaban J connectivity index is 1.85. The summed E-state index contributed by atoms with van der Waals surface area (Å²) in [6, 6.07) is 13.5. The van der Waals surface area contributed by atoms with E-state index in [0.29, 0.717) is 35.1 Å². The minimum atomic E-state index is -1.11. The van der Waals surface area contributed by atoms with E-state index in [1.807, 2.05) is 47.0 Å². The molecule has 16 nitrogen and oxygen atoms in total. The molecule has 16 heteroatoms. The van der Waals surface area contributed by atoms with Crippen LogP contribution in [0.15, 0.2) is 42.5 Å². The number of pyridine rings is 1. The quantitative estimate of drug-likeness (QED) is 0.0956. The number of hydrogen-bond acceptors (Lipinski definition) is 12. The molecule has 0 aliphatic heterocycles. The summed E-state index contributed by atoms with van der Waals surface area (Å²) < 4.78 is 30.2. The number of unbranched alkanes of at least 4 members (excludes halogenated alkanes) is 1. The first-order valence-electron chi connectivity index (χ1n) is 21.7. The van der Waals surface area contributed by atoms with E-state index in [1.54, 1.807) is 96.9 Å². The topological polar surface area (TPSA) is 190 Å². The van der Waals surface area contributed by atoms with E-state index in [-0.39, 0.29) is 36.9 Å². The van der Waals surface area contributed by atoms with Crippen LogP contribution in [-0.2, 0) is 54.4 Å². The number of rotatable bonds is 13. The number of ether oxygens (including phenoxy) is 5. The molecule has 0 unspecified atom stereocenters. The van der Waals surface area contributed by atoms with Gasteiger partial charge < -0.3 is 38.9 Å². The molecule has 0 bridgehead atoms. The second-order valence-corrected chi connectivity index (χ2v) is 20.5. The van der Waals surface area contributed by atoms with E-state index in [0.717, 1.165) is 34.4 Å². The van der Waals surface area contributed by atoms with Gasteiger partial charge in [0, 0.05) is 18.4 Å². The number of nitrogens with one attached hydrogen (secondary N) is 2. The van der Waals surface area contributed by atoms with Gasteiger partial charge in [-0.3, -0.25) is 4.79 Å². The van der Waals surface area contributed by atoms with Gasteiger partial charge >= 0.3 is 24.4 Å². The molecule has 2 aromatic heterocycles. The third-order valence-corrected chi connectivity index (χ3v) is 8.89. The summed E-state index contributed by atoms with van der Waals surface area (Å²) in [4.78, 5) is 76.7. The number of carbonyl (C=O) groups excluding carboxylic acids is 5. The number of amides is 4. The summed E-state index contributed by atoms with van der Waals surface area (Å²) in [5, 5.41) is 5.97. The molecular formula is C48H68N6O10. The first-order chi connectivity index (χ1) is 29.4. The minimum Gasteiger partial charge on any atom is -0.444 e.